The van der Waals surface area contributed by atoms with E-state index in [9.17, 15) is 9.59 Å². The average Bonchev–Trinajstić information content (AvgIpc) is 2.57. The Morgan fingerprint density at radius 2 is 2.12 bits per heavy atom. The molecule has 0 spiro atoms. The molecule has 1 atom stereocenters. The molecule has 0 saturated heterocycles. The molecule has 2 rings (SSSR count). The number of carbonyl (C=O) groups is 2. The predicted molar refractivity (Wildman–Crippen MR) is 112 cm³/mol. The van der Waals surface area contributed by atoms with Gasteiger partial charge in [-0.2, -0.15) is 0 Å². The van der Waals surface area contributed by atoms with E-state index in [0.717, 1.165) is 36.7 Å². The zero-order valence-corrected chi connectivity index (χ0v) is 17.7. The molecule has 2 aliphatic rings. The maximum absolute atomic E-state index is 12.7. The maximum Gasteiger partial charge on any atom is 0.241 e. The van der Waals surface area contributed by atoms with Gasteiger partial charge in [-0.3, -0.25) is 14.5 Å². The third kappa shape index (κ3) is 6.13. The molecule has 142 valence electrons. The van der Waals surface area contributed by atoms with E-state index >= 15 is 0 Å². The van der Waals surface area contributed by atoms with Crippen LogP contribution in [-0.2, 0) is 9.59 Å². The lowest BCUT2D eigenvalue weighted by Crippen LogP contribution is -2.46. The number of fused-ring (bicyclic) bond motifs is 1. The number of hydrogen-bond acceptors (Lipinski definition) is 3. The smallest absolute Gasteiger partial charge is 0.241 e. The van der Waals surface area contributed by atoms with Gasteiger partial charge in [-0.1, -0.05) is 42.3 Å². The molecule has 0 radical (unpaired) electrons. The van der Waals surface area contributed by atoms with Gasteiger partial charge in [0.05, 0.1) is 5.71 Å². The minimum Gasteiger partial charge on any atom is -0.356 e. The Morgan fingerprint density at radius 3 is 2.85 bits per heavy atom. The minimum atomic E-state index is -0.354. The Balaban J connectivity index is 1.71. The highest BCUT2D eigenvalue weighted by atomic mass is 79.9. The van der Waals surface area contributed by atoms with E-state index in [0.29, 0.717) is 29.7 Å². The third-order valence-corrected chi connectivity index (χ3v) is 5.22. The molecular formula is C19H26BrN3O2S. The Hall–Kier alpha value is -1.34. The topological polar surface area (TPSA) is 61.8 Å². The predicted octanol–water partition coefficient (Wildman–Crippen LogP) is 3.74. The normalized spacial score (nSPS) is 19.4. The molecule has 0 saturated carbocycles. The summed E-state index contributed by atoms with van der Waals surface area (Å²) in [5.41, 5.74) is 0.706. The lowest BCUT2D eigenvalue weighted by Gasteiger charge is -2.30. The minimum absolute atomic E-state index is 0.0206. The van der Waals surface area contributed by atoms with Gasteiger partial charge in [-0.05, 0) is 49.6 Å². The van der Waals surface area contributed by atoms with Crippen LogP contribution < -0.4 is 5.32 Å². The van der Waals surface area contributed by atoms with Crippen LogP contribution in [0.1, 0.15) is 46.0 Å². The molecule has 1 aliphatic carbocycles. The highest BCUT2D eigenvalue weighted by Gasteiger charge is 2.34. The van der Waals surface area contributed by atoms with Gasteiger partial charge in [0.25, 0.3) is 0 Å². The first-order chi connectivity index (χ1) is 12.4. The van der Waals surface area contributed by atoms with Gasteiger partial charge < -0.3 is 5.32 Å². The summed E-state index contributed by atoms with van der Waals surface area (Å²) < 4.78 is 0.881. The number of hydrogen-bond donors (Lipinski definition) is 1. The molecule has 1 aliphatic heterocycles. The molecule has 0 fully saturated rings. The van der Waals surface area contributed by atoms with E-state index in [2.05, 4.69) is 40.1 Å². The van der Waals surface area contributed by atoms with Gasteiger partial charge in [0.2, 0.25) is 16.9 Å². The number of thiocarbonyl (C=S) groups is 1. The van der Waals surface area contributed by atoms with Crippen molar-refractivity contribution in [1.82, 2.24) is 10.2 Å². The van der Waals surface area contributed by atoms with E-state index in [1.165, 1.54) is 0 Å². The summed E-state index contributed by atoms with van der Waals surface area (Å²) in [7, 11) is 0. The van der Waals surface area contributed by atoms with Crippen LogP contribution in [0.3, 0.4) is 0 Å². The van der Waals surface area contributed by atoms with Crippen molar-refractivity contribution in [3.63, 3.8) is 0 Å². The third-order valence-electron chi connectivity index (χ3n) is 4.37. The Bertz CT molecular complexity index is 655. The van der Waals surface area contributed by atoms with Crippen LogP contribution >= 0.6 is 28.1 Å². The summed E-state index contributed by atoms with van der Waals surface area (Å²) >= 11 is 8.68. The average molecular weight is 440 g/mol. The van der Waals surface area contributed by atoms with E-state index in [1.54, 1.807) is 4.90 Å². The SMILES string of the molecule is CC(C)CCNC(=O)CCCCCN1C(=O)C2C=C(Br)C=CC2=NC1=S. The monoisotopic (exact) mass is 439 g/mol. The fourth-order valence-electron chi connectivity index (χ4n) is 2.83. The molecule has 0 aromatic carbocycles. The number of nitrogens with zero attached hydrogens (tertiary/aromatic N) is 2. The van der Waals surface area contributed by atoms with Crippen LogP contribution in [-0.4, -0.2) is 40.6 Å². The number of carbonyl (C=O) groups excluding carboxylic acids is 2. The van der Waals surface area contributed by atoms with Gasteiger partial charge >= 0.3 is 0 Å². The van der Waals surface area contributed by atoms with Crippen LogP contribution in [0.25, 0.3) is 0 Å². The van der Waals surface area contributed by atoms with Crippen molar-refractivity contribution < 1.29 is 9.59 Å². The number of allylic oxidation sites excluding steroid dienone is 3. The summed E-state index contributed by atoms with van der Waals surface area (Å²) in [4.78, 5) is 30.4. The highest BCUT2D eigenvalue weighted by Crippen LogP contribution is 2.25. The molecule has 1 N–H and O–H groups in total. The summed E-state index contributed by atoms with van der Waals surface area (Å²) in [6.45, 7) is 5.58. The summed E-state index contributed by atoms with van der Waals surface area (Å²) in [6.07, 6.45) is 9.59. The summed E-state index contributed by atoms with van der Waals surface area (Å²) in [5, 5.41) is 3.28. The standard InChI is InChI=1S/C19H26BrN3O2S/c1-13(2)9-10-21-17(24)6-4-3-5-11-23-18(25)15-12-14(20)7-8-16(15)22-19(23)26/h7-8,12-13,15H,3-6,9-11H2,1-2H3,(H,21,24). The number of nitrogens with one attached hydrogen (secondary N) is 1. The molecule has 1 unspecified atom stereocenters. The van der Waals surface area contributed by atoms with Crippen molar-refractivity contribution in [3.05, 3.63) is 22.7 Å². The number of halogens is 1. The quantitative estimate of drug-likeness (QED) is 0.439. The largest absolute Gasteiger partial charge is 0.356 e. The number of aliphatic imine (C=N–C) groups is 1. The van der Waals surface area contributed by atoms with Crippen molar-refractivity contribution in [1.29, 1.82) is 0 Å². The number of rotatable bonds is 9. The first-order valence-corrected chi connectivity index (χ1v) is 10.3. The fourth-order valence-corrected chi connectivity index (χ4v) is 3.52. The van der Waals surface area contributed by atoms with Gasteiger partial charge in [-0.15, -0.1) is 0 Å². The van der Waals surface area contributed by atoms with Crippen molar-refractivity contribution >= 4 is 50.8 Å². The molecular weight excluding hydrogens is 414 g/mol. The second kappa shape index (κ2) is 10.1. The zero-order chi connectivity index (χ0) is 19.1. The van der Waals surface area contributed by atoms with E-state index in [4.69, 9.17) is 12.2 Å². The van der Waals surface area contributed by atoms with E-state index in [1.807, 2.05) is 18.2 Å². The molecule has 0 aromatic heterocycles. The first-order valence-electron chi connectivity index (χ1n) is 9.14. The van der Waals surface area contributed by atoms with Gasteiger partial charge in [0.1, 0.15) is 5.92 Å². The lowest BCUT2D eigenvalue weighted by atomic mass is 9.95. The molecule has 2 amide bonds. The second-order valence-electron chi connectivity index (χ2n) is 7.01. The molecule has 1 heterocycles. The first kappa shape index (κ1) is 21.0. The van der Waals surface area contributed by atoms with Gasteiger partial charge in [0, 0.05) is 24.0 Å². The van der Waals surface area contributed by atoms with Crippen LogP contribution in [0, 0.1) is 11.8 Å². The molecule has 26 heavy (non-hydrogen) atoms. The second-order valence-corrected chi connectivity index (χ2v) is 8.30. The van der Waals surface area contributed by atoms with Crippen LogP contribution in [0.15, 0.2) is 27.7 Å². The Morgan fingerprint density at radius 1 is 1.35 bits per heavy atom. The van der Waals surface area contributed by atoms with Crippen LogP contribution in [0.2, 0.25) is 0 Å². The Kier molecular flexibility index (Phi) is 8.15. The highest BCUT2D eigenvalue weighted by molar-refractivity contribution is 9.11. The molecule has 0 bridgehead atoms. The fraction of sp³-hybridized carbons (Fsp3) is 0.579. The Labute approximate surface area is 169 Å². The molecule has 7 heteroatoms. The lowest BCUT2D eigenvalue weighted by molar-refractivity contribution is -0.128. The summed E-state index contributed by atoms with van der Waals surface area (Å²) in [6, 6.07) is 0. The van der Waals surface area contributed by atoms with Crippen molar-refractivity contribution in [2.24, 2.45) is 16.8 Å². The van der Waals surface area contributed by atoms with Gasteiger partial charge in [0.15, 0.2) is 0 Å². The number of unbranched alkanes of at least 4 members (excludes halogenated alkanes) is 2. The van der Waals surface area contributed by atoms with E-state index < -0.39 is 0 Å². The van der Waals surface area contributed by atoms with Crippen molar-refractivity contribution in [2.45, 2.75) is 46.0 Å². The maximum atomic E-state index is 12.7. The van der Waals surface area contributed by atoms with Crippen molar-refractivity contribution in [3.8, 4) is 0 Å². The van der Waals surface area contributed by atoms with E-state index in [-0.39, 0.29) is 17.7 Å². The number of amides is 2. The van der Waals surface area contributed by atoms with Crippen LogP contribution in [0.5, 0.6) is 0 Å². The molecule has 5 nitrogen and oxygen atoms in total. The summed E-state index contributed by atoms with van der Waals surface area (Å²) in [5.74, 6) is 0.327. The van der Waals surface area contributed by atoms with Crippen LogP contribution in [0.4, 0.5) is 0 Å². The molecule has 0 aromatic rings. The van der Waals surface area contributed by atoms with Crippen molar-refractivity contribution in [2.75, 3.05) is 13.1 Å². The van der Waals surface area contributed by atoms with Gasteiger partial charge in [-0.25, -0.2) is 4.99 Å². The zero-order valence-electron chi connectivity index (χ0n) is 15.3.